The summed E-state index contributed by atoms with van der Waals surface area (Å²) in [6.45, 7) is 43.6. The van der Waals surface area contributed by atoms with Crippen molar-refractivity contribution in [2.75, 3.05) is 0 Å². The second kappa shape index (κ2) is 17.1. The molecule has 3 aromatic rings. The summed E-state index contributed by atoms with van der Waals surface area (Å²) in [5.41, 5.74) is 7.66. The normalized spacial score (nSPS) is 15.5. The van der Waals surface area contributed by atoms with Crippen molar-refractivity contribution in [3.63, 3.8) is 0 Å². The van der Waals surface area contributed by atoms with Crippen LogP contribution in [-0.4, -0.2) is 39.0 Å². The number of hydrogen-bond acceptors (Lipinski definition) is 0. The number of benzene rings is 3. The summed E-state index contributed by atoms with van der Waals surface area (Å²) in [4.78, 5) is 0. The summed E-state index contributed by atoms with van der Waals surface area (Å²) in [6, 6.07) is 24.1. The zero-order chi connectivity index (χ0) is 35.6. The van der Waals surface area contributed by atoms with Crippen molar-refractivity contribution in [2.45, 2.75) is 120 Å². The standard InChI is InChI=1S/C24H43Si5.C9H13.C8H9.3ClH.Ti/c1-26(2,3)21-13-19(14-22(17-21)27(4,5)6)25-20-15-23(28(7,8)9)18-24(16-20)29(10,11)12;1-6-5-7(2)9(4)8(6)3;1-7-4-3-5-8(2)6-7;;;;/h13-18,25H,1-12H3;6H,1-4H3;4-6H,1-2H3;3*1H;. The molecule has 0 nitrogen and oxygen atoms in total. The molecule has 1 unspecified atom stereocenters. The molecule has 3 aromatic carbocycles. The Balaban J connectivity index is 0.00000417. The Labute approximate surface area is 337 Å². The summed E-state index contributed by atoms with van der Waals surface area (Å²) >= 11 is -2.15. The molecule has 0 aromatic heterocycles. The first-order chi connectivity index (χ1) is 21.3. The molecule has 1 aliphatic carbocycles. The summed E-state index contributed by atoms with van der Waals surface area (Å²) in [6.07, 6.45) is 0. The van der Waals surface area contributed by atoms with Crippen molar-refractivity contribution in [1.82, 2.24) is 0 Å². The van der Waals surface area contributed by atoms with Gasteiger partial charge in [0.25, 0.3) is 0 Å². The predicted octanol–water partition coefficient (Wildman–Crippen LogP) is 8.79. The maximum atomic E-state index is 2.78. The molecule has 0 heterocycles. The Morgan fingerprint density at radius 1 is 0.460 bits per heavy atom. The molecule has 0 amide bonds. The van der Waals surface area contributed by atoms with Gasteiger partial charge in [0.15, 0.2) is 0 Å². The molecular weight excluding hydrogens is 787 g/mol. The van der Waals surface area contributed by atoms with Crippen molar-refractivity contribution in [2.24, 2.45) is 5.92 Å². The summed E-state index contributed by atoms with van der Waals surface area (Å²) in [5.74, 6) is 0.536. The number of hydrogen-bond donors (Lipinski definition) is 0. The molecule has 0 bridgehead atoms. The minimum absolute atomic E-state index is 0. The third kappa shape index (κ3) is 10.5. The van der Waals surface area contributed by atoms with Gasteiger partial charge in [0.2, 0.25) is 0 Å². The third-order valence-corrected chi connectivity index (χ3v) is 33.5. The zero-order valence-corrected chi connectivity index (χ0v) is 43.7. The number of allylic oxidation sites excluding steroid dienone is 4. The van der Waals surface area contributed by atoms with E-state index in [0.29, 0.717) is 5.92 Å². The van der Waals surface area contributed by atoms with Crippen LogP contribution in [0.4, 0.5) is 0 Å². The van der Waals surface area contributed by atoms with E-state index >= 15 is 0 Å². The van der Waals surface area contributed by atoms with Gasteiger partial charge in [0, 0.05) is 0 Å². The van der Waals surface area contributed by atoms with Crippen LogP contribution in [0.2, 0.25) is 78.6 Å². The largest absolute Gasteiger partial charge is 0.147 e. The molecule has 0 saturated heterocycles. The summed E-state index contributed by atoms with van der Waals surface area (Å²) in [7, 11) is -6.24. The van der Waals surface area contributed by atoms with Crippen LogP contribution in [0.1, 0.15) is 38.8 Å². The molecule has 0 aliphatic heterocycles. The van der Waals surface area contributed by atoms with Gasteiger partial charge in [-0.15, -0.1) is 37.2 Å². The van der Waals surface area contributed by atoms with E-state index in [0.717, 1.165) is 0 Å². The molecule has 0 N–H and O–H groups in total. The van der Waals surface area contributed by atoms with E-state index in [-0.39, 0.29) is 37.2 Å². The van der Waals surface area contributed by atoms with Crippen molar-refractivity contribution in [3.05, 3.63) is 86.3 Å². The van der Waals surface area contributed by atoms with Gasteiger partial charge in [-0.05, 0) is 0 Å². The van der Waals surface area contributed by atoms with Crippen molar-refractivity contribution in [1.29, 1.82) is 0 Å². The van der Waals surface area contributed by atoms with E-state index in [1.807, 2.05) is 3.88 Å². The third-order valence-electron chi connectivity index (χ3n) is 10.8. The molecule has 277 valence electrons. The van der Waals surface area contributed by atoms with Crippen LogP contribution in [0, 0.1) is 19.8 Å². The topological polar surface area (TPSA) is 0 Å². The van der Waals surface area contributed by atoms with E-state index in [2.05, 4.69) is 175 Å². The van der Waals surface area contributed by atoms with E-state index in [9.17, 15) is 0 Å². The molecule has 0 saturated carbocycles. The van der Waals surface area contributed by atoms with Crippen LogP contribution in [0.3, 0.4) is 0 Å². The van der Waals surface area contributed by atoms with Gasteiger partial charge in [-0.25, -0.2) is 0 Å². The predicted molar refractivity (Wildman–Crippen MR) is 249 cm³/mol. The number of rotatable bonds is 9. The maximum absolute atomic E-state index is 2.78. The van der Waals surface area contributed by atoms with E-state index < -0.39 is 56.1 Å². The van der Waals surface area contributed by atoms with E-state index in [4.69, 9.17) is 0 Å². The Kier molecular flexibility index (Phi) is 16.3. The van der Waals surface area contributed by atoms with Crippen LogP contribution in [0.15, 0.2) is 75.2 Å². The molecule has 1 atom stereocenters. The Hall–Kier alpha value is -0.191. The smallest absolute Gasteiger partial charge is 0.147 e. The SMILES string of the molecule is CC1=C(C)C(C)[C]([Ti]([c]2cc(C)cc(C)c2)[SiH](c2cc([Si](C)(C)C)cc([Si](C)(C)C)c2)c2cc([Si](C)(C)C)cc([Si](C)(C)C)c2)=C1C.Cl.Cl.Cl. The Bertz CT molecular complexity index is 1590. The summed E-state index contributed by atoms with van der Waals surface area (Å²) < 4.78 is 3.58. The first-order valence-electron chi connectivity index (χ1n) is 18.0. The maximum Gasteiger partial charge on any atom is -0.147 e. The second-order valence-electron chi connectivity index (χ2n) is 19.0. The minimum Gasteiger partial charge on any atom is -0.147 e. The fraction of sp³-hybridized carbons (Fsp3) is 0.463. The fourth-order valence-corrected chi connectivity index (χ4v) is 30.1. The summed E-state index contributed by atoms with van der Waals surface area (Å²) in [5, 5.41) is 10.2. The molecule has 0 fully saturated rings. The second-order valence-corrected chi connectivity index (χ2v) is 49.6. The number of aryl methyl sites for hydroxylation is 2. The Morgan fingerprint density at radius 2 is 0.780 bits per heavy atom. The first-order valence-corrected chi connectivity index (χ1v) is 38.0. The molecule has 4 rings (SSSR count). The molecule has 0 spiro atoms. The molecule has 1 aliphatic rings. The average Bonchev–Trinajstić information content (AvgIpc) is 3.10. The average molecular weight is 856 g/mol. The van der Waals surface area contributed by atoms with Gasteiger partial charge in [-0.2, -0.15) is 0 Å². The first kappa shape index (κ1) is 47.8. The zero-order valence-electron chi connectivity index (χ0n) is 34.6. The van der Waals surface area contributed by atoms with Crippen LogP contribution in [0.5, 0.6) is 0 Å². The van der Waals surface area contributed by atoms with Gasteiger partial charge in [-0.3, -0.25) is 0 Å². The fourth-order valence-electron chi connectivity index (χ4n) is 7.30. The van der Waals surface area contributed by atoms with Crippen LogP contribution >= 0.6 is 37.2 Å². The van der Waals surface area contributed by atoms with Gasteiger partial charge in [0.05, 0.1) is 0 Å². The van der Waals surface area contributed by atoms with Gasteiger partial charge in [0.1, 0.15) is 0 Å². The van der Waals surface area contributed by atoms with E-state index in [1.165, 1.54) is 11.1 Å². The molecule has 50 heavy (non-hydrogen) atoms. The van der Waals surface area contributed by atoms with Crippen LogP contribution in [0.25, 0.3) is 0 Å². The molecule has 9 heteroatoms. The van der Waals surface area contributed by atoms with Crippen LogP contribution in [-0.2, 0) is 17.1 Å². The van der Waals surface area contributed by atoms with Gasteiger partial charge < -0.3 is 0 Å². The van der Waals surface area contributed by atoms with Crippen molar-refractivity contribution >= 4 is 111 Å². The van der Waals surface area contributed by atoms with Crippen molar-refractivity contribution < 1.29 is 17.1 Å². The Morgan fingerprint density at radius 3 is 1.04 bits per heavy atom. The van der Waals surface area contributed by atoms with Gasteiger partial charge in [-0.1, -0.05) is 0 Å². The quantitative estimate of drug-likeness (QED) is 0.189. The van der Waals surface area contributed by atoms with E-state index in [1.54, 1.807) is 51.7 Å². The van der Waals surface area contributed by atoms with Gasteiger partial charge >= 0.3 is 303 Å². The van der Waals surface area contributed by atoms with Crippen LogP contribution < -0.4 is 35.0 Å². The number of halogens is 3. The minimum atomic E-state index is -2.15. The van der Waals surface area contributed by atoms with Crippen molar-refractivity contribution in [3.8, 4) is 0 Å². The monoisotopic (exact) mass is 853 g/mol. The molecule has 0 radical (unpaired) electrons. The molecular formula is C41H68Cl3Si5Ti.